The van der Waals surface area contributed by atoms with E-state index in [2.05, 4.69) is 5.10 Å². The molecule has 1 saturated carbocycles. The van der Waals surface area contributed by atoms with E-state index in [-0.39, 0.29) is 29.4 Å². The Bertz CT molecular complexity index is 959. The fourth-order valence-corrected chi connectivity index (χ4v) is 6.01. The Morgan fingerprint density at radius 3 is 2.70 bits per heavy atom. The molecule has 0 radical (unpaired) electrons. The van der Waals surface area contributed by atoms with Crippen LogP contribution in [0.2, 0.25) is 0 Å². The van der Waals surface area contributed by atoms with Gasteiger partial charge in [0.1, 0.15) is 5.76 Å². The number of rotatable bonds is 4. The standard InChI is InChI=1S/C19H23N3O4S/c23-19(21-7-5-14(11-21)18-2-1-8-26-18)16-10-17(13-3-4-13)22(20-16)15-6-9-27(24,25)12-15/h1-2,8,10,13-15H,3-7,9,11-12H2. The molecule has 2 saturated heterocycles. The Morgan fingerprint density at radius 2 is 2.04 bits per heavy atom. The fraction of sp³-hybridized carbons (Fsp3) is 0.579. The van der Waals surface area contributed by atoms with Crippen molar-refractivity contribution in [2.75, 3.05) is 24.6 Å². The number of carbonyl (C=O) groups is 1. The number of hydrogen-bond acceptors (Lipinski definition) is 5. The van der Waals surface area contributed by atoms with Crippen LogP contribution in [-0.2, 0) is 9.84 Å². The van der Waals surface area contributed by atoms with Gasteiger partial charge in [0.15, 0.2) is 15.5 Å². The lowest BCUT2D eigenvalue weighted by molar-refractivity contribution is 0.0783. The van der Waals surface area contributed by atoms with Crippen molar-refractivity contribution >= 4 is 15.7 Å². The van der Waals surface area contributed by atoms with E-state index in [9.17, 15) is 13.2 Å². The molecule has 2 aromatic heterocycles. The van der Waals surface area contributed by atoms with Gasteiger partial charge in [0, 0.05) is 30.6 Å². The van der Waals surface area contributed by atoms with Crippen molar-refractivity contribution in [1.29, 1.82) is 0 Å². The molecule has 0 bridgehead atoms. The summed E-state index contributed by atoms with van der Waals surface area (Å²) in [4.78, 5) is 14.8. The molecule has 3 aliphatic rings. The number of amides is 1. The van der Waals surface area contributed by atoms with Crippen LogP contribution in [0.3, 0.4) is 0 Å². The summed E-state index contributed by atoms with van der Waals surface area (Å²) in [7, 11) is -2.99. The van der Waals surface area contributed by atoms with Gasteiger partial charge >= 0.3 is 0 Å². The second kappa shape index (κ2) is 6.22. The van der Waals surface area contributed by atoms with Crippen LogP contribution < -0.4 is 0 Å². The number of nitrogens with zero attached hydrogens (tertiary/aromatic N) is 3. The van der Waals surface area contributed by atoms with Gasteiger partial charge in [-0.15, -0.1) is 0 Å². The highest BCUT2D eigenvalue weighted by Crippen LogP contribution is 2.42. The maximum absolute atomic E-state index is 13.0. The van der Waals surface area contributed by atoms with Gasteiger partial charge in [0.2, 0.25) is 0 Å². The monoisotopic (exact) mass is 389 g/mol. The van der Waals surface area contributed by atoms with Gasteiger partial charge in [-0.1, -0.05) is 0 Å². The van der Waals surface area contributed by atoms with Crippen molar-refractivity contribution in [1.82, 2.24) is 14.7 Å². The minimum Gasteiger partial charge on any atom is -0.469 e. The van der Waals surface area contributed by atoms with Crippen LogP contribution in [0.5, 0.6) is 0 Å². The maximum Gasteiger partial charge on any atom is 0.274 e. The van der Waals surface area contributed by atoms with Crippen molar-refractivity contribution in [3.8, 4) is 0 Å². The number of likely N-dealkylation sites (tertiary alicyclic amines) is 1. The smallest absolute Gasteiger partial charge is 0.274 e. The summed E-state index contributed by atoms with van der Waals surface area (Å²) in [6, 6.07) is 5.59. The molecule has 1 aliphatic carbocycles. The molecule has 2 atom stereocenters. The Kier molecular flexibility index (Phi) is 3.93. The summed E-state index contributed by atoms with van der Waals surface area (Å²) >= 11 is 0. The summed E-state index contributed by atoms with van der Waals surface area (Å²) in [5, 5.41) is 4.59. The zero-order chi connectivity index (χ0) is 18.6. The summed E-state index contributed by atoms with van der Waals surface area (Å²) < 4.78 is 31.1. The molecule has 4 heterocycles. The van der Waals surface area contributed by atoms with E-state index in [1.807, 2.05) is 27.8 Å². The van der Waals surface area contributed by atoms with E-state index >= 15 is 0 Å². The molecule has 2 aliphatic heterocycles. The van der Waals surface area contributed by atoms with Gasteiger partial charge in [-0.2, -0.15) is 5.10 Å². The first-order valence-corrected chi connectivity index (χ1v) is 11.4. The van der Waals surface area contributed by atoms with Crippen LogP contribution in [0, 0.1) is 0 Å². The van der Waals surface area contributed by atoms with E-state index < -0.39 is 9.84 Å². The Balaban J connectivity index is 1.37. The number of hydrogen-bond donors (Lipinski definition) is 0. The molecule has 1 amide bonds. The predicted octanol–water partition coefficient (Wildman–Crippen LogP) is 2.34. The minimum absolute atomic E-state index is 0.0643. The number of carbonyl (C=O) groups excluding carboxylic acids is 1. The molecule has 27 heavy (non-hydrogen) atoms. The molecular weight excluding hydrogens is 366 g/mol. The highest BCUT2D eigenvalue weighted by Gasteiger charge is 2.37. The molecule has 2 aromatic rings. The zero-order valence-corrected chi connectivity index (χ0v) is 15.9. The summed E-state index contributed by atoms with van der Waals surface area (Å²) in [5.74, 6) is 1.84. The van der Waals surface area contributed by atoms with Crippen LogP contribution in [0.1, 0.15) is 65.5 Å². The van der Waals surface area contributed by atoms with Crippen LogP contribution in [0.4, 0.5) is 0 Å². The number of aromatic nitrogens is 2. The topological polar surface area (TPSA) is 85.4 Å². The zero-order valence-electron chi connectivity index (χ0n) is 15.1. The van der Waals surface area contributed by atoms with Crippen LogP contribution in [-0.4, -0.2) is 53.6 Å². The summed E-state index contributed by atoms with van der Waals surface area (Å²) in [5.41, 5.74) is 1.48. The van der Waals surface area contributed by atoms with Crippen molar-refractivity contribution in [2.24, 2.45) is 0 Å². The first-order valence-electron chi connectivity index (χ1n) is 9.63. The molecule has 3 fully saturated rings. The molecule has 0 N–H and O–H groups in total. The van der Waals surface area contributed by atoms with Gasteiger partial charge < -0.3 is 9.32 Å². The SMILES string of the molecule is O=C(c1cc(C2CC2)n(C2CCS(=O)(=O)C2)n1)N1CCC(c2ccco2)C1. The quantitative estimate of drug-likeness (QED) is 0.801. The number of sulfone groups is 1. The molecule has 7 nitrogen and oxygen atoms in total. The lowest BCUT2D eigenvalue weighted by Gasteiger charge is -2.15. The minimum atomic E-state index is -2.99. The van der Waals surface area contributed by atoms with Crippen LogP contribution >= 0.6 is 0 Å². The highest BCUT2D eigenvalue weighted by molar-refractivity contribution is 7.91. The van der Waals surface area contributed by atoms with Gasteiger partial charge in [-0.05, 0) is 43.9 Å². The van der Waals surface area contributed by atoms with E-state index in [1.54, 1.807) is 6.26 Å². The Hall–Kier alpha value is -2.09. The number of furan rings is 1. The Labute approximate surface area is 158 Å². The Morgan fingerprint density at radius 1 is 1.19 bits per heavy atom. The van der Waals surface area contributed by atoms with E-state index in [1.165, 1.54) is 0 Å². The second-order valence-electron chi connectivity index (χ2n) is 7.98. The van der Waals surface area contributed by atoms with Gasteiger partial charge in [0.05, 0.1) is 23.8 Å². The lowest BCUT2D eigenvalue weighted by atomic mass is 10.1. The third kappa shape index (κ3) is 3.20. The second-order valence-corrected chi connectivity index (χ2v) is 10.2. The van der Waals surface area contributed by atoms with Crippen molar-refractivity contribution in [3.05, 3.63) is 41.6 Å². The van der Waals surface area contributed by atoms with Crippen molar-refractivity contribution in [3.63, 3.8) is 0 Å². The van der Waals surface area contributed by atoms with Crippen molar-refractivity contribution in [2.45, 2.75) is 43.6 Å². The largest absolute Gasteiger partial charge is 0.469 e. The van der Waals surface area contributed by atoms with Gasteiger partial charge in [-0.3, -0.25) is 9.48 Å². The predicted molar refractivity (Wildman–Crippen MR) is 98.5 cm³/mol. The van der Waals surface area contributed by atoms with E-state index in [4.69, 9.17) is 4.42 Å². The van der Waals surface area contributed by atoms with E-state index in [0.29, 0.717) is 31.1 Å². The van der Waals surface area contributed by atoms with E-state index in [0.717, 1.165) is 30.7 Å². The molecule has 0 aromatic carbocycles. The van der Waals surface area contributed by atoms with Crippen LogP contribution in [0.25, 0.3) is 0 Å². The molecule has 144 valence electrons. The van der Waals surface area contributed by atoms with Crippen molar-refractivity contribution < 1.29 is 17.6 Å². The molecule has 0 spiro atoms. The van der Waals surface area contributed by atoms with Gasteiger partial charge in [0.25, 0.3) is 5.91 Å². The molecular formula is C19H23N3O4S. The average Bonchev–Trinajstić information content (AvgIpc) is 3.12. The molecule has 2 unspecified atom stereocenters. The van der Waals surface area contributed by atoms with Gasteiger partial charge in [-0.25, -0.2) is 8.42 Å². The van der Waals surface area contributed by atoms with Crippen LogP contribution in [0.15, 0.2) is 28.9 Å². The molecule has 8 heteroatoms. The fourth-order valence-electron chi connectivity index (χ4n) is 4.32. The first-order chi connectivity index (χ1) is 13.0. The first kappa shape index (κ1) is 17.0. The third-order valence-corrected chi connectivity index (χ3v) is 7.71. The molecule has 5 rings (SSSR count). The maximum atomic E-state index is 13.0. The summed E-state index contributed by atoms with van der Waals surface area (Å²) in [6.45, 7) is 1.32. The average molecular weight is 389 g/mol. The summed E-state index contributed by atoms with van der Waals surface area (Å²) in [6.07, 6.45) is 5.31. The lowest BCUT2D eigenvalue weighted by Crippen LogP contribution is -2.29. The third-order valence-electron chi connectivity index (χ3n) is 5.95. The highest BCUT2D eigenvalue weighted by atomic mass is 32.2. The normalized spacial score (nSPS) is 27.3.